The molecule has 1 saturated carbocycles. The van der Waals surface area contributed by atoms with E-state index in [9.17, 15) is 9.65 Å². The van der Waals surface area contributed by atoms with Gasteiger partial charge >= 0.3 is 0 Å². The lowest BCUT2D eigenvalue weighted by Gasteiger charge is -2.30. The van der Waals surface area contributed by atoms with Crippen LogP contribution in [-0.4, -0.2) is 18.7 Å². The highest BCUT2D eigenvalue weighted by atomic mass is 19.1. The van der Waals surface area contributed by atoms with Crippen LogP contribution in [0.1, 0.15) is 39.0 Å². The Kier molecular flexibility index (Phi) is 5.58. The normalized spacial score (nSPS) is 24.7. The van der Waals surface area contributed by atoms with Crippen LogP contribution in [-0.2, 0) is 0 Å². The summed E-state index contributed by atoms with van der Waals surface area (Å²) in [5.74, 6) is 0.573. The Morgan fingerprint density at radius 2 is 2.38 bits per heavy atom. The Labute approximate surface area is 126 Å². The van der Waals surface area contributed by atoms with E-state index in [0.717, 1.165) is 38.6 Å². The molecule has 3 nitrogen and oxygen atoms in total. The van der Waals surface area contributed by atoms with Gasteiger partial charge in [-0.2, -0.15) is 5.26 Å². The summed E-state index contributed by atoms with van der Waals surface area (Å²) in [4.78, 5) is 0. The van der Waals surface area contributed by atoms with Crippen molar-refractivity contribution in [3.8, 4) is 11.8 Å². The molecule has 1 fully saturated rings. The Morgan fingerprint density at radius 1 is 1.52 bits per heavy atom. The smallest absolute Gasteiger partial charge is 0.126 e. The molecule has 0 bridgehead atoms. The van der Waals surface area contributed by atoms with E-state index in [1.807, 2.05) is 0 Å². The van der Waals surface area contributed by atoms with Crippen LogP contribution in [0.15, 0.2) is 24.3 Å². The standard InChI is InChI=1S/C17H23FN2O/c1-2-10-20-17(13-19)9-4-5-14(17)8-11-21-16-7-3-6-15(18)12-16/h3,6-7,12,14,20H,2,4-5,8-11H2,1H3. The second kappa shape index (κ2) is 7.42. The minimum absolute atomic E-state index is 0.288. The number of hydrogen-bond acceptors (Lipinski definition) is 3. The van der Waals surface area contributed by atoms with E-state index in [4.69, 9.17) is 4.74 Å². The quantitative estimate of drug-likeness (QED) is 0.833. The minimum atomic E-state index is -0.401. The van der Waals surface area contributed by atoms with Gasteiger partial charge in [0.15, 0.2) is 0 Å². The lowest BCUT2D eigenvalue weighted by Crippen LogP contribution is -2.47. The molecule has 1 aromatic carbocycles. The van der Waals surface area contributed by atoms with Gasteiger partial charge in [-0.1, -0.05) is 19.4 Å². The van der Waals surface area contributed by atoms with Crippen molar-refractivity contribution < 1.29 is 9.13 Å². The molecule has 0 heterocycles. The van der Waals surface area contributed by atoms with Crippen molar-refractivity contribution >= 4 is 0 Å². The summed E-state index contributed by atoms with van der Waals surface area (Å²) in [7, 11) is 0. The fraction of sp³-hybridized carbons (Fsp3) is 0.588. The maximum absolute atomic E-state index is 13.1. The third-order valence-corrected chi connectivity index (χ3v) is 4.24. The Balaban J connectivity index is 1.88. The number of ether oxygens (including phenoxy) is 1. The van der Waals surface area contributed by atoms with Crippen molar-refractivity contribution in [1.82, 2.24) is 5.32 Å². The summed E-state index contributed by atoms with van der Waals surface area (Å²) in [6, 6.07) is 8.68. The highest BCUT2D eigenvalue weighted by Crippen LogP contribution is 2.37. The number of rotatable bonds is 7. The first kappa shape index (κ1) is 15.8. The van der Waals surface area contributed by atoms with Crippen molar-refractivity contribution in [2.45, 2.75) is 44.6 Å². The van der Waals surface area contributed by atoms with Crippen LogP contribution in [0.2, 0.25) is 0 Å². The lowest BCUT2D eigenvalue weighted by atomic mass is 9.86. The van der Waals surface area contributed by atoms with E-state index in [-0.39, 0.29) is 5.82 Å². The molecular weight excluding hydrogens is 267 g/mol. The SMILES string of the molecule is CCCNC1(C#N)CCCC1CCOc1cccc(F)c1. The molecule has 4 heteroatoms. The van der Waals surface area contributed by atoms with Crippen molar-refractivity contribution in [2.24, 2.45) is 5.92 Å². The van der Waals surface area contributed by atoms with E-state index in [0.29, 0.717) is 18.3 Å². The summed E-state index contributed by atoms with van der Waals surface area (Å²) in [6.07, 6.45) is 4.89. The maximum atomic E-state index is 13.1. The van der Waals surface area contributed by atoms with Gasteiger partial charge in [0.25, 0.3) is 0 Å². The van der Waals surface area contributed by atoms with Gasteiger partial charge in [-0.25, -0.2) is 4.39 Å². The summed E-state index contributed by atoms with van der Waals surface area (Å²) in [5, 5.41) is 13.0. The summed E-state index contributed by atoms with van der Waals surface area (Å²) in [6.45, 7) is 3.50. The van der Waals surface area contributed by atoms with E-state index in [2.05, 4.69) is 18.3 Å². The fourth-order valence-corrected chi connectivity index (χ4v) is 3.11. The maximum Gasteiger partial charge on any atom is 0.126 e. The molecule has 0 amide bonds. The molecule has 0 saturated heterocycles. The van der Waals surface area contributed by atoms with Crippen LogP contribution in [0.5, 0.6) is 5.75 Å². The number of nitriles is 1. The predicted molar refractivity (Wildman–Crippen MR) is 80.5 cm³/mol. The number of halogens is 1. The Bertz CT molecular complexity index is 500. The van der Waals surface area contributed by atoms with Crippen molar-refractivity contribution in [3.05, 3.63) is 30.1 Å². The second-order valence-corrected chi connectivity index (χ2v) is 5.69. The van der Waals surface area contributed by atoms with Crippen LogP contribution in [0.4, 0.5) is 4.39 Å². The average Bonchev–Trinajstić information content (AvgIpc) is 2.89. The second-order valence-electron chi connectivity index (χ2n) is 5.69. The van der Waals surface area contributed by atoms with Gasteiger partial charge in [0, 0.05) is 6.07 Å². The third kappa shape index (κ3) is 3.95. The molecule has 2 rings (SSSR count). The van der Waals surface area contributed by atoms with Crippen molar-refractivity contribution in [1.29, 1.82) is 5.26 Å². The first-order valence-electron chi connectivity index (χ1n) is 7.75. The largest absolute Gasteiger partial charge is 0.493 e. The van der Waals surface area contributed by atoms with E-state index >= 15 is 0 Å². The molecule has 0 aliphatic heterocycles. The zero-order chi connectivity index (χ0) is 15.1. The summed E-state index contributed by atoms with van der Waals surface area (Å²) >= 11 is 0. The van der Waals surface area contributed by atoms with Crippen molar-refractivity contribution in [2.75, 3.05) is 13.2 Å². The van der Waals surface area contributed by atoms with Crippen molar-refractivity contribution in [3.63, 3.8) is 0 Å². The molecule has 0 spiro atoms. The topological polar surface area (TPSA) is 45.0 Å². The number of benzene rings is 1. The number of nitrogens with zero attached hydrogens (tertiary/aromatic N) is 1. The summed E-state index contributed by atoms with van der Waals surface area (Å²) in [5.41, 5.74) is -0.401. The molecule has 2 unspecified atom stereocenters. The van der Waals surface area contributed by atoms with Crippen LogP contribution >= 0.6 is 0 Å². The zero-order valence-corrected chi connectivity index (χ0v) is 12.6. The molecule has 1 N–H and O–H groups in total. The van der Waals surface area contributed by atoms with E-state index in [1.54, 1.807) is 12.1 Å². The van der Waals surface area contributed by atoms with Gasteiger partial charge in [0.2, 0.25) is 0 Å². The monoisotopic (exact) mass is 290 g/mol. The molecule has 1 aromatic rings. The molecular formula is C17H23FN2O. The Hall–Kier alpha value is -1.60. The van der Waals surface area contributed by atoms with Gasteiger partial charge < -0.3 is 4.74 Å². The van der Waals surface area contributed by atoms with Crippen LogP contribution in [0.25, 0.3) is 0 Å². The molecule has 0 aromatic heterocycles. The van der Waals surface area contributed by atoms with Gasteiger partial charge in [-0.15, -0.1) is 0 Å². The number of nitrogens with one attached hydrogen (secondary N) is 1. The molecule has 21 heavy (non-hydrogen) atoms. The average molecular weight is 290 g/mol. The number of hydrogen-bond donors (Lipinski definition) is 1. The third-order valence-electron chi connectivity index (χ3n) is 4.24. The van der Waals surface area contributed by atoms with Crippen LogP contribution in [0.3, 0.4) is 0 Å². The van der Waals surface area contributed by atoms with E-state index in [1.165, 1.54) is 12.1 Å². The van der Waals surface area contributed by atoms with Crippen LogP contribution in [0, 0.1) is 23.1 Å². The minimum Gasteiger partial charge on any atom is -0.493 e. The van der Waals surface area contributed by atoms with Crippen LogP contribution < -0.4 is 10.1 Å². The first-order valence-corrected chi connectivity index (χ1v) is 7.75. The zero-order valence-electron chi connectivity index (χ0n) is 12.6. The molecule has 2 atom stereocenters. The molecule has 1 aliphatic rings. The highest BCUT2D eigenvalue weighted by molar-refractivity contribution is 5.22. The molecule has 0 radical (unpaired) electrons. The highest BCUT2D eigenvalue weighted by Gasteiger charge is 2.42. The molecule has 1 aliphatic carbocycles. The van der Waals surface area contributed by atoms with Gasteiger partial charge in [-0.3, -0.25) is 5.32 Å². The van der Waals surface area contributed by atoms with E-state index < -0.39 is 5.54 Å². The van der Waals surface area contributed by atoms with Gasteiger partial charge in [0.1, 0.15) is 17.1 Å². The van der Waals surface area contributed by atoms with Gasteiger partial charge in [0.05, 0.1) is 12.7 Å². The van der Waals surface area contributed by atoms with Gasteiger partial charge in [-0.05, 0) is 50.3 Å². The summed E-state index contributed by atoms with van der Waals surface area (Å²) < 4.78 is 18.7. The fourth-order valence-electron chi connectivity index (χ4n) is 3.11. The Morgan fingerprint density at radius 3 is 3.10 bits per heavy atom. The first-order chi connectivity index (χ1) is 10.2. The molecule has 114 valence electrons. The lowest BCUT2D eigenvalue weighted by molar-refractivity contribution is 0.232. The predicted octanol–water partition coefficient (Wildman–Crippen LogP) is 3.66.